The fourth-order valence-corrected chi connectivity index (χ4v) is 2.98. The average Bonchev–Trinajstić information content (AvgIpc) is 2.67. The van der Waals surface area contributed by atoms with E-state index in [0.717, 1.165) is 12.8 Å². The van der Waals surface area contributed by atoms with Crippen molar-refractivity contribution < 1.29 is 19.1 Å². The third-order valence-electron chi connectivity index (χ3n) is 4.66. The Morgan fingerprint density at radius 3 is 1.50 bits per heavy atom. The van der Waals surface area contributed by atoms with Gasteiger partial charge in [-0.05, 0) is 6.42 Å². The Hall–Kier alpha value is -0.320. The van der Waals surface area contributed by atoms with Crippen molar-refractivity contribution in [3.05, 3.63) is 12.7 Å². The Bertz CT molecular complexity index is 372. The number of rotatable bonds is 20. The van der Waals surface area contributed by atoms with Crippen LogP contribution in [0.25, 0.3) is 0 Å². The predicted octanol–water partition coefficient (Wildman–Crippen LogP) is 5.87. The van der Waals surface area contributed by atoms with Crippen molar-refractivity contribution in [1.29, 1.82) is 0 Å². The Labute approximate surface area is 195 Å². The maximum absolute atomic E-state index is 11.5. The second-order valence-corrected chi connectivity index (χ2v) is 7.29. The van der Waals surface area contributed by atoms with Crippen LogP contribution in [0.1, 0.15) is 110 Å². The molecule has 4 nitrogen and oxygen atoms in total. The summed E-state index contributed by atoms with van der Waals surface area (Å²) in [6.45, 7) is 6.37. The van der Waals surface area contributed by atoms with E-state index < -0.39 is 0 Å². The van der Waals surface area contributed by atoms with Gasteiger partial charge in [-0.25, -0.2) is 0 Å². The van der Waals surface area contributed by atoms with Gasteiger partial charge in [0.05, 0.1) is 19.4 Å². The molecule has 0 unspecified atom stereocenters. The van der Waals surface area contributed by atoms with Crippen LogP contribution >= 0.6 is 0 Å². The zero-order chi connectivity index (χ0) is 20.0. The molecule has 0 aliphatic carbocycles. The minimum absolute atomic E-state index is 0. The number of carbonyl (C=O) groups is 2. The molecule has 160 valence electrons. The van der Waals surface area contributed by atoms with Gasteiger partial charge in [-0.2, -0.15) is 0 Å². The molecule has 0 aromatic carbocycles. The van der Waals surface area contributed by atoms with Gasteiger partial charge in [0.25, 0.3) is 0 Å². The van der Waals surface area contributed by atoms with Crippen molar-refractivity contribution >= 4 is 41.5 Å². The van der Waals surface area contributed by atoms with E-state index in [1.165, 1.54) is 83.1 Å². The molecule has 0 N–H and O–H groups in total. The molecule has 0 fully saturated rings. The second kappa shape index (κ2) is 24.7. The van der Waals surface area contributed by atoms with E-state index >= 15 is 0 Å². The number of unbranched alkanes of at least 4 members (excludes halogenated alkanes) is 13. The number of ether oxygens (including phenoxy) is 2. The van der Waals surface area contributed by atoms with Crippen LogP contribution in [0.5, 0.6) is 0 Å². The molecule has 0 aliphatic rings. The Morgan fingerprint density at radius 2 is 1.07 bits per heavy atom. The molecule has 0 rings (SSSR count). The SMILES string of the molecule is C=CCOC(=O)CCC(=O)OCCCCCCCCCCCCCCCC.[NaH]. The molecular weight excluding hydrogens is 363 g/mol. The van der Waals surface area contributed by atoms with E-state index in [1.807, 2.05) is 0 Å². The monoisotopic (exact) mass is 406 g/mol. The summed E-state index contributed by atoms with van der Waals surface area (Å²) in [5, 5.41) is 0. The Kier molecular flexibility index (Phi) is 26.4. The van der Waals surface area contributed by atoms with Gasteiger partial charge in [-0.1, -0.05) is 103 Å². The third-order valence-corrected chi connectivity index (χ3v) is 4.66. The van der Waals surface area contributed by atoms with Crippen molar-refractivity contribution in [3.8, 4) is 0 Å². The van der Waals surface area contributed by atoms with E-state index in [9.17, 15) is 9.59 Å². The van der Waals surface area contributed by atoms with Crippen molar-refractivity contribution in [1.82, 2.24) is 0 Å². The normalized spacial score (nSPS) is 10.2. The minimum atomic E-state index is -0.386. The van der Waals surface area contributed by atoms with Crippen molar-refractivity contribution in [3.63, 3.8) is 0 Å². The van der Waals surface area contributed by atoms with Gasteiger partial charge in [-0.3, -0.25) is 9.59 Å². The van der Waals surface area contributed by atoms with E-state index in [2.05, 4.69) is 13.5 Å². The summed E-state index contributed by atoms with van der Waals surface area (Å²) in [5.74, 6) is -0.705. The molecule has 0 saturated heterocycles. The topological polar surface area (TPSA) is 52.6 Å². The zero-order valence-corrected chi connectivity index (χ0v) is 17.6. The average molecular weight is 407 g/mol. The first-order chi connectivity index (χ1) is 13.2. The van der Waals surface area contributed by atoms with E-state index in [-0.39, 0.29) is 60.9 Å². The first-order valence-corrected chi connectivity index (χ1v) is 11.1. The van der Waals surface area contributed by atoms with Crippen molar-refractivity contribution in [2.75, 3.05) is 13.2 Å². The molecule has 0 radical (unpaired) electrons. The molecule has 0 spiro atoms. The molecule has 0 bridgehead atoms. The molecule has 0 atom stereocenters. The number of esters is 2. The van der Waals surface area contributed by atoms with Gasteiger partial charge < -0.3 is 9.47 Å². The fourth-order valence-electron chi connectivity index (χ4n) is 2.98. The molecule has 0 aliphatic heterocycles. The van der Waals surface area contributed by atoms with Gasteiger partial charge >= 0.3 is 41.5 Å². The Balaban J connectivity index is 0. The van der Waals surface area contributed by atoms with Crippen molar-refractivity contribution in [2.45, 2.75) is 110 Å². The molecular formula is C23H43NaO4. The van der Waals surface area contributed by atoms with E-state index in [4.69, 9.17) is 9.47 Å². The van der Waals surface area contributed by atoms with Gasteiger partial charge in [0.15, 0.2) is 0 Å². The Morgan fingerprint density at radius 1 is 0.679 bits per heavy atom. The van der Waals surface area contributed by atoms with Crippen LogP contribution in [0.2, 0.25) is 0 Å². The van der Waals surface area contributed by atoms with E-state index in [0.29, 0.717) is 6.61 Å². The van der Waals surface area contributed by atoms with Crippen LogP contribution in [0.15, 0.2) is 12.7 Å². The van der Waals surface area contributed by atoms with Gasteiger partial charge in [0.1, 0.15) is 6.61 Å². The number of carbonyl (C=O) groups excluding carboxylic acids is 2. The molecule has 0 heterocycles. The summed E-state index contributed by atoms with van der Waals surface area (Å²) in [4.78, 5) is 22.7. The van der Waals surface area contributed by atoms with Crippen LogP contribution in [-0.4, -0.2) is 54.7 Å². The molecule has 5 heteroatoms. The van der Waals surface area contributed by atoms with Crippen LogP contribution in [0.4, 0.5) is 0 Å². The molecule has 0 aromatic rings. The van der Waals surface area contributed by atoms with Gasteiger partial charge in [0, 0.05) is 0 Å². The summed E-state index contributed by atoms with van der Waals surface area (Å²) < 4.78 is 9.94. The number of hydrogen-bond donors (Lipinski definition) is 0. The molecule has 28 heavy (non-hydrogen) atoms. The van der Waals surface area contributed by atoms with Gasteiger partial charge in [0.2, 0.25) is 0 Å². The van der Waals surface area contributed by atoms with Crippen LogP contribution in [-0.2, 0) is 19.1 Å². The summed E-state index contributed by atoms with van der Waals surface area (Å²) in [5.41, 5.74) is 0. The standard InChI is InChI=1S/C23H42O4.Na.H/c1-3-5-6-7-8-9-10-11-12-13-14-15-16-17-21-27-23(25)19-18-22(24)26-20-4-2;;/h4H,2-3,5-21H2,1H3;;. The quantitative estimate of drug-likeness (QED) is 0.110. The van der Waals surface area contributed by atoms with Crippen LogP contribution in [0.3, 0.4) is 0 Å². The molecule has 0 amide bonds. The third kappa shape index (κ3) is 23.7. The summed E-state index contributed by atoms with van der Waals surface area (Å²) in [6, 6.07) is 0. The fraction of sp³-hybridized carbons (Fsp3) is 0.826. The summed E-state index contributed by atoms with van der Waals surface area (Å²) >= 11 is 0. The maximum atomic E-state index is 11.5. The first kappa shape index (κ1) is 29.9. The second-order valence-electron chi connectivity index (χ2n) is 7.29. The molecule has 0 saturated carbocycles. The molecule has 0 aromatic heterocycles. The first-order valence-electron chi connectivity index (χ1n) is 11.1. The van der Waals surface area contributed by atoms with Crippen LogP contribution < -0.4 is 0 Å². The number of hydrogen-bond acceptors (Lipinski definition) is 4. The van der Waals surface area contributed by atoms with Crippen LogP contribution in [0, 0.1) is 0 Å². The summed E-state index contributed by atoms with van der Waals surface area (Å²) in [7, 11) is 0. The van der Waals surface area contributed by atoms with Gasteiger partial charge in [-0.15, -0.1) is 0 Å². The predicted molar refractivity (Wildman–Crippen MR) is 119 cm³/mol. The van der Waals surface area contributed by atoms with Crippen molar-refractivity contribution in [2.24, 2.45) is 0 Å². The zero-order valence-electron chi connectivity index (χ0n) is 17.6. The summed E-state index contributed by atoms with van der Waals surface area (Å²) in [6.07, 6.45) is 20.0. The van der Waals surface area contributed by atoms with E-state index in [1.54, 1.807) is 0 Å².